The molecule has 2 aromatic heterocycles. The highest BCUT2D eigenvalue weighted by atomic mass is 16.1. The van der Waals surface area contributed by atoms with Crippen molar-refractivity contribution in [2.24, 2.45) is 0 Å². The molecule has 106 valence electrons. The Labute approximate surface area is 118 Å². The molecule has 0 radical (unpaired) electrons. The SMILES string of the molecule is CCNC(C)CC(=O)Nc1cccnc1-n1cccn1. The number of hydrogen-bond donors (Lipinski definition) is 2. The number of nitrogens with one attached hydrogen (secondary N) is 2. The number of carbonyl (C=O) groups excluding carboxylic acids is 1. The second-order valence-electron chi connectivity index (χ2n) is 4.54. The molecule has 6 heteroatoms. The summed E-state index contributed by atoms with van der Waals surface area (Å²) in [5.41, 5.74) is 0.657. The first-order valence-electron chi connectivity index (χ1n) is 6.69. The summed E-state index contributed by atoms with van der Waals surface area (Å²) in [4.78, 5) is 16.3. The van der Waals surface area contributed by atoms with Crippen LogP contribution in [0.3, 0.4) is 0 Å². The predicted molar refractivity (Wildman–Crippen MR) is 77.7 cm³/mol. The van der Waals surface area contributed by atoms with Crippen molar-refractivity contribution in [1.82, 2.24) is 20.1 Å². The first-order chi connectivity index (χ1) is 9.70. The lowest BCUT2D eigenvalue weighted by Gasteiger charge is -2.13. The molecule has 6 nitrogen and oxygen atoms in total. The van der Waals surface area contributed by atoms with E-state index in [1.54, 1.807) is 29.3 Å². The predicted octanol–water partition coefficient (Wildman–Crippen LogP) is 1.59. The van der Waals surface area contributed by atoms with Crippen LogP contribution in [0.15, 0.2) is 36.8 Å². The van der Waals surface area contributed by atoms with Gasteiger partial charge in [-0.25, -0.2) is 9.67 Å². The zero-order valence-electron chi connectivity index (χ0n) is 11.7. The monoisotopic (exact) mass is 273 g/mol. The summed E-state index contributed by atoms with van der Waals surface area (Å²) >= 11 is 0. The van der Waals surface area contributed by atoms with Crippen LogP contribution >= 0.6 is 0 Å². The minimum absolute atomic E-state index is 0.0418. The molecule has 1 amide bonds. The van der Waals surface area contributed by atoms with Crippen LogP contribution in [0.2, 0.25) is 0 Å². The van der Waals surface area contributed by atoms with Gasteiger partial charge in [0.25, 0.3) is 0 Å². The van der Waals surface area contributed by atoms with Gasteiger partial charge in [-0.05, 0) is 31.7 Å². The zero-order valence-corrected chi connectivity index (χ0v) is 11.7. The van der Waals surface area contributed by atoms with Gasteiger partial charge in [0, 0.05) is 31.1 Å². The minimum Gasteiger partial charge on any atom is -0.323 e. The average Bonchev–Trinajstić information content (AvgIpc) is 2.93. The van der Waals surface area contributed by atoms with Crippen molar-refractivity contribution >= 4 is 11.6 Å². The number of pyridine rings is 1. The van der Waals surface area contributed by atoms with Crippen molar-refractivity contribution in [3.05, 3.63) is 36.8 Å². The van der Waals surface area contributed by atoms with Gasteiger partial charge in [0.1, 0.15) is 0 Å². The summed E-state index contributed by atoms with van der Waals surface area (Å²) in [6.45, 7) is 4.85. The van der Waals surface area contributed by atoms with Crippen molar-refractivity contribution in [2.75, 3.05) is 11.9 Å². The molecule has 0 aliphatic carbocycles. The zero-order chi connectivity index (χ0) is 14.4. The van der Waals surface area contributed by atoms with E-state index in [9.17, 15) is 4.79 Å². The van der Waals surface area contributed by atoms with Crippen molar-refractivity contribution < 1.29 is 4.79 Å². The lowest BCUT2D eigenvalue weighted by atomic mass is 10.2. The Kier molecular flexibility index (Phi) is 4.84. The highest BCUT2D eigenvalue weighted by Gasteiger charge is 2.12. The van der Waals surface area contributed by atoms with Crippen LogP contribution in [0, 0.1) is 0 Å². The van der Waals surface area contributed by atoms with Crippen molar-refractivity contribution in [2.45, 2.75) is 26.3 Å². The molecule has 2 heterocycles. The summed E-state index contributed by atoms with van der Waals surface area (Å²) in [6, 6.07) is 5.56. The van der Waals surface area contributed by atoms with Gasteiger partial charge in [-0.1, -0.05) is 6.92 Å². The average molecular weight is 273 g/mol. The molecule has 0 fully saturated rings. The number of anilines is 1. The second kappa shape index (κ2) is 6.81. The van der Waals surface area contributed by atoms with E-state index in [1.807, 2.05) is 26.0 Å². The Bertz CT molecular complexity index is 552. The molecule has 0 aromatic carbocycles. The molecule has 0 spiro atoms. The topological polar surface area (TPSA) is 71.8 Å². The van der Waals surface area contributed by atoms with Gasteiger partial charge in [0.15, 0.2) is 5.82 Å². The molecule has 0 saturated heterocycles. The van der Waals surface area contributed by atoms with E-state index in [-0.39, 0.29) is 11.9 Å². The largest absolute Gasteiger partial charge is 0.323 e. The van der Waals surface area contributed by atoms with Crippen LogP contribution in [0.25, 0.3) is 5.82 Å². The maximum Gasteiger partial charge on any atom is 0.226 e. The molecule has 0 aliphatic heterocycles. The van der Waals surface area contributed by atoms with E-state index in [1.165, 1.54) is 0 Å². The number of rotatable bonds is 6. The number of amides is 1. The van der Waals surface area contributed by atoms with Gasteiger partial charge < -0.3 is 10.6 Å². The molecule has 2 rings (SSSR count). The fourth-order valence-electron chi connectivity index (χ4n) is 1.97. The molecule has 2 N–H and O–H groups in total. The third kappa shape index (κ3) is 3.64. The summed E-state index contributed by atoms with van der Waals surface area (Å²) < 4.78 is 1.63. The number of nitrogens with zero attached hydrogens (tertiary/aromatic N) is 3. The number of carbonyl (C=O) groups is 1. The summed E-state index contributed by atoms with van der Waals surface area (Å²) in [7, 11) is 0. The van der Waals surface area contributed by atoms with Crippen molar-refractivity contribution in [3.8, 4) is 5.82 Å². The first-order valence-corrected chi connectivity index (χ1v) is 6.69. The number of hydrogen-bond acceptors (Lipinski definition) is 4. The highest BCUT2D eigenvalue weighted by Crippen LogP contribution is 2.16. The molecule has 2 aromatic rings. The van der Waals surface area contributed by atoms with Crippen LogP contribution in [0.4, 0.5) is 5.69 Å². The summed E-state index contributed by atoms with van der Waals surface area (Å²) in [6.07, 6.45) is 5.56. The second-order valence-corrected chi connectivity index (χ2v) is 4.54. The quantitative estimate of drug-likeness (QED) is 0.838. The van der Waals surface area contributed by atoms with Gasteiger partial charge in [-0.15, -0.1) is 0 Å². The Morgan fingerprint density at radius 3 is 2.95 bits per heavy atom. The van der Waals surface area contributed by atoms with Crippen LogP contribution in [-0.4, -0.2) is 33.3 Å². The molecule has 1 atom stereocenters. The fraction of sp³-hybridized carbons (Fsp3) is 0.357. The Balaban J connectivity index is 2.08. The van der Waals surface area contributed by atoms with Crippen LogP contribution in [0.5, 0.6) is 0 Å². The Morgan fingerprint density at radius 2 is 2.25 bits per heavy atom. The molecular formula is C14H19N5O. The van der Waals surface area contributed by atoms with Gasteiger partial charge in [-0.2, -0.15) is 5.10 Å². The Hall–Kier alpha value is -2.21. The third-order valence-corrected chi connectivity index (χ3v) is 2.83. The van der Waals surface area contributed by atoms with E-state index in [2.05, 4.69) is 20.7 Å². The molecular weight excluding hydrogens is 254 g/mol. The lowest BCUT2D eigenvalue weighted by Crippen LogP contribution is -2.30. The molecule has 0 saturated carbocycles. The summed E-state index contributed by atoms with van der Waals surface area (Å²) in [5.74, 6) is 0.571. The van der Waals surface area contributed by atoms with Crippen molar-refractivity contribution in [1.29, 1.82) is 0 Å². The van der Waals surface area contributed by atoms with Gasteiger partial charge in [0.05, 0.1) is 5.69 Å². The molecule has 1 unspecified atom stereocenters. The van der Waals surface area contributed by atoms with E-state index in [4.69, 9.17) is 0 Å². The lowest BCUT2D eigenvalue weighted by molar-refractivity contribution is -0.116. The summed E-state index contributed by atoms with van der Waals surface area (Å²) in [5, 5.41) is 10.2. The molecule has 0 bridgehead atoms. The fourth-order valence-corrected chi connectivity index (χ4v) is 1.97. The normalized spacial score (nSPS) is 12.1. The van der Waals surface area contributed by atoms with Crippen LogP contribution in [0.1, 0.15) is 20.3 Å². The van der Waals surface area contributed by atoms with E-state index in [0.29, 0.717) is 17.9 Å². The standard InChI is InChI=1S/C14H19N5O/c1-3-15-11(2)10-13(20)18-12-6-4-7-16-14(12)19-9-5-8-17-19/h4-9,11,15H,3,10H2,1-2H3,(H,18,20). The first kappa shape index (κ1) is 14.2. The van der Waals surface area contributed by atoms with Gasteiger partial charge in [0.2, 0.25) is 5.91 Å². The van der Waals surface area contributed by atoms with E-state index in [0.717, 1.165) is 6.54 Å². The van der Waals surface area contributed by atoms with Crippen LogP contribution < -0.4 is 10.6 Å². The van der Waals surface area contributed by atoms with E-state index >= 15 is 0 Å². The van der Waals surface area contributed by atoms with Crippen molar-refractivity contribution in [3.63, 3.8) is 0 Å². The molecule has 0 aliphatic rings. The smallest absolute Gasteiger partial charge is 0.226 e. The third-order valence-electron chi connectivity index (χ3n) is 2.83. The number of aromatic nitrogens is 3. The Morgan fingerprint density at radius 1 is 1.40 bits per heavy atom. The van der Waals surface area contributed by atoms with Gasteiger partial charge >= 0.3 is 0 Å². The van der Waals surface area contributed by atoms with Gasteiger partial charge in [-0.3, -0.25) is 4.79 Å². The maximum absolute atomic E-state index is 12.0. The van der Waals surface area contributed by atoms with E-state index < -0.39 is 0 Å². The maximum atomic E-state index is 12.0. The molecule has 20 heavy (non-hydrogen) atoms. The van der Waals surface area contributed by atoms with Crippen LogP contribution in [-0.2, 0) is 4.79 Å². The highest BCUT2D eigenvalue weighted by molar-refractivity contribution is 5.92. The minimum atomic E-state index is -0.0418.